The van der Waals surface area contributed by atoms with Gasteiger partial charge in [0.05, 0.1) is 5.75 Å². The lowest BCUT2D eigenvalue weighted by Gasteiger charge is -2.24. The summed E-state index contributed by atoms with van der Waals surface area (Å²) in [5, 5.41) is 1.94. The molecule has 1 N–H and O–H groups in total. The zero-order chi connectivity index (χ0) is 18.7. The molecule has 1 atom stereocenters. The molecule has 0 aromatic heterocycles. The molecule has 1 fully saturated rings. The van der Waals surface area contributed by atoms with Crippen molar-refractivity contribution in [2.75, 3.05) is 17.6 Å². The summed E-state index contributed by atoms with van der Waals surface area (Å²) < 4.78 is 40.2. The molecule has 0 radical (unpaired) electrons. The molecular weight excluding hydrogens is 365 g/mol. The number of hydrogen-bond acceptors (Lipinski definition) is 3. The lowest BCUT2D eigenvalue weighted by molar-refractivity contribution is -0.128. The second-order valence-electron chi connectivity index (χ2n) is 5.72. The van der Waals surface area contributed by atoms with E-state index in [1.807, 2.05) is 0 Å². The van der Waals surface area contributed by atoms with Crippen LogP contribution in [0.2, 0.25) is 0 Å². The fourth-order valence-electron chi connectivity index (χ4n) is 2.67. The van der Waals surface area contributed by atoms with Gasteiger partial charge in [-0.1, -0.05) is 12.1 Å². The maximum Gasteiger partial charge on any atom is 0.233 e. The van der Waals surface area contributed by atoms with Crippen molar-refractivity contribution < 1.29 is 22.8 Å². The SMILES string of the molecule is O=C(CCN1C(=O)CS[C@H]1c1ccc(F)cc1F)Nc1cccc(F)c1. The highest BCUT2D eigenvalue weighted by Crippen LogP contribution is 2.39. The summed E-state index contributed by atoms with van der Waals surface area (Å²) in [5.74, 6) is -2.35. The fraction of sp³-hybridized carbons (Fsp3) is 0.222. The molecule has 136 valence electrons. The standard InChI is InChI=1S/C18H15F3N2O2S/c19-11-2-1-3-13(8-11)22-16(24)6-7-23-17(25)10-26-18(23)14-5-4-12(20)9-15(14)21/h1-5,8-9,18H,6-7,10H2,(H,22,24)/t18-/m0/s1. The Hall–Kier alpha value is -2.48. The van der Waals surface area contributed by atoms with Gasteiger partial charge in [-0.2, -0.15) is 0 Å². The molecule has 2 aromatic rings. The molecule has 4 nitrogen and oxygen atoms in total. The molecule has 26 heavy (non-hydrogen) atoms. The van der Waals surface area contributed by atoms with Gasteiger partial charge >= 0.3 is 0 Å². The highest BCUT2D eigenvalue weighted by Gasteiger charge is 2.34. The second kappa shape index (κ2) is 7.82. The van der Waals surface area contributed by atoms with Crippen LogP contribution in [0.1, 0.15) is 17.4 Å². The summed E-state index contributed by atoms with van der Waals surface area (Å²) in [6.07, 6.45) is -0.0257. The van der Waals surface area contributed by atoms with Gasteiger partial charge in [0.15, 0.2) is 0 Å². The Morgan fingerprint density at radius 3 is 2.65 bits per heavy atom. The molecule has 2 amide bonds. The van der Waals surface area contributed by atoms with E-state index in [9.17, 15) is 22.8 Å². The lowest BCUT2D eigenvalue weighted by atomic mass is 10.2. The first-order valence-corrected chi connectivity index (χ1v) is 8.90. The first-order chi connectivity index (χ1) is 12.4. The minimum atomic E-state index is -0.730. The van der Waals surface area contributed by atoms with Crippen LogP contribution in [0.5, 0.6) is 0 Å². The van der Waals surface area contributed by atoms with Crippen molar-refractivity contribution in [2.45, 2.75) is 11.8 Å². The maximum absolute atomic E-state index is 14.0. The van der Waals surface area contributed by atoms with Crippen LogP contribution in [0, 0.1) is 17.5 Å². The van der Waals surface area contributed by atoms with Crippen LogP contribution in [-0.2, 0) is 9.59 Å². The Morgan fingerprint density at radius 1 is 1.15 bits per heavy atom. The molecule has 0 bridgehead atoms. The minimum absolute atomic E-state index is 0.0257. The van der Waals surface area contributed by atoms with Gasteiger partial charge in [-0.25, -0.2) is 13.2 Å². The minimum Gasteiger partial charge on any atom is -0.326 e. The Bertz CT molecular complexity index is 847. The van der Waals surface area contributed by atoms with E-state index in [-0.39, 0.29) is 30.2 Å². The number of hydrogen-bond donors (Lipinski definition) is 1. The zero-order valence-electron chi connectivity index (χ0n) is 13.5. The molecule has 1 aliphatic heterocycles. The molecule has 0 saturated carbocycles. The predicted molar refractivity (Wildman–Crippen MR) is 92.9 cm³/mol. The van der Waals surface area contributed by atoms with Crippen LogP contribution in [0.15, 0.2) is 42.5 Å². The quantitative estimate of drug-likeness (QED) is 0.860. The van der Waals surface area contributed by atoms with Gasteiger partial charge in [-0.15, -0.1) is 11.8 Å². The number of halogens is 3. The smallest absolute Gasteiger partial charge is 0.233 e. The van der Waals surface area contributed by atoms with Gasteiger partial charge in [0.1, 0.15) is 22.8 Å². The van der Waals surface area contributed by atoms with Crippen molar-refractivity contribution in [2.24, 2.45) is 0 Å². The first-order valence-electron chi connectivity index (χ1n) is 7.85. The van der Waals surface area contributed by atoms with E-state index in [2.05, 4.69) is 5.32 Å². The number of nitrogens with zero attached hydrogens (tertiary/aromatic N) is 1. The van der Waals surface area contributed by atoms with E-state index in [1.165, 1.54) is 40.9 Å². The second-order valence-corrected chi connectivity index (χ2v) is 6.79. The van der Waals surface area contributed by atoms with Crippen LogP contribution in [0.4, 0.5) is 18.9 Å². The van der Waals surface area contributed by atoms with Crippen LogP contribution in [0.25, 0.3) is 0 Å². The largest absolute Gasteiger partial charge is 0.326 e. The maximum atomic E-state index is 14.0. The van der Waals surface area contributed by atoms with Gasteiger partial charge in [0.25, 0.3) is 0 Å². The molecule has 0 aliphatic carbocycles. The Labute approximate surface area is 152 Å². The van der Waals surface area contributed by atoms with Crippen molar-refractivity contribution in [3.05, 3.63) is 65.5 Å². The average molecular weight is 380 g/mol. The molecule has 3 rings (SSSR count). The third kappa shape index (κ3) is 4.19. The third-order valence-corrected chi connectivity index (χ3v) is 5.12. The summed E-state index contributed by atoms with van der Waals surface area (Å²) >= 11 is 1.22. The number of thioether (sulfide) groups is 1. The van der Waals surface area contributed by atoms with Gasteiger partial charge in [-0.3, -0.25) is 9.59 Å². The fourth-order valence-corrected chi connectivity index (χ4v) is 3.91. The van der Waals surface area contributed by atoms with Crippen LogP contribution >= 0.6 is 11.8 Å². The van der Waals surface area contributed by atoms with Crippen molar-refractivity contribution in [3.8, 4) is 0 Å². The zero-order valence-corrected chi connectivity index (χ0v) is 14.4. The summed E-state index contributed by atoms with van der Waals surface area (Å²) in [6.45, 7) is 0.0778. The summed E-state index contributed by atoms with van der Waals surface area (Å²) in [6, 6.07) is 8.68. The number of anilines is 1. The summed E-state index contributed by atoms with van der Waals surface area (Å²) in [5.41, 5.74) is 0.519. The van der Waals surface area contributed by atoms with Gasteiger partial charge in [-0.05, 0) is 24.3 Å². The molecule has 2 aromatic carbocycles. The monoisotopic (exact) mass is 380 g/mol. The Balaban J connectivity index is 1.65. The van der Waals surface area contributed by atoms with E-state index < -0.39 is 28.7 Å². The molecule has 0 spiro atoms. The van der Waals surface area contributed by atoms with Crippen molar-refractivity contribution in [3.63, 3.8) is 0 Å². The van der Waals surface area contributed by atoms with E-state index in [0.717, 1.165) is 12.1 Å². The molecule has 8 heteroatoms. The molecule has 0 unspecified atom stereocenters. The Morgan fingerprint density at radius 2 is 1.92 bits per heavy atom. The van der Waals surface area contributed by atoms with Crippen molar-refractivity contribution in [1.82, 2.24) is 4.90 Å². The van der Waals surface area contributed by atoms with E-state index >= 15 is 0 Å². The summed E-state index contributed by atoms with van der Waals surface area (Å²) in [4.78, 5) is 25.5. The average Bonchev–Trinajstić information content (AvgIpc) is 2.93. The lowest BCUT2D eigenvalue weighted by Crippen LogP contribution is -2.32. The Kier molecular flexibility index (Phi) is 5.51. The van der Waals surface area contributed by atoms with E-state index in [0.29, 0.717) is 5.69 Å². The topological polar surface area (TPSA) is 49.4 Å². The van der Waals surface area contributed by atoms with Gasteiger partial charge in [0.2, 0.25) is 11.8 Å². The highest BCUT2D eigenvalue weighted by atomic mass is 32.2. The summed E-state index contributed by atoms with van der Waals surface area (Å²) in [7, 11) is 0. The number of amides is 2. The number of benzene rings is 2. The molecule has 1 aliphatic rings. The van der Waals surface area contributed by atoms with E-state index in [1.54, 1.807) is 6.07 Å². The molecule has 1 heterocycles. The van der Waals surface area contributed by atoms with Crippen LogP contribution < -0.4 is 5.32 Å². The van der Waals surface area contributed by atoms with Gasteiger partial charge in [0, 0.05) is 30.3 Å². The molecular formula is C18H15F3N2O2S. The van der Waals surface area contributed by atoms with Crippen molar-refractivity contribution >= 4 is 29.3 Å². The molecule has 1 saturated heterocycles. The van der Waals surface area contributed by atoms with E-state index in [4.69, 9.17) is 0 Å². The number of nitrogens with one attached hydrogen (secondary N) is 1. The normalized spacial score (nSPS) is 16.8. The number of rotatable bonds is 5. The predicted octanol–water partition coefficient (Wildman–Crippen LogP) is 3.71. The first kappa shape index (κ1) is 18.3. The third-order valence-electron chi connectivity index (χ3n) is 3.88. The van der Waals surface area contributed by atoms with Crippen molar-refractivity contribution in [1.29, 1.82) is 0 Å². The highest BCUT2D eigenvalue weighted by molar-refractivity contribution is 8.00. The number of carbonyl (C=O) groups is 2. The number of carbonyl (C=O) groups excluding carboxylic acids is 2. The van der Waals surface area contributed by atoms with Gasteiger partial charge < -0.3 is 10.2 Å². The van der Waals surface area contributed by atoms with Crippen LogP contribution in [0.3, 0.4) is 0 Å². The van der Waals surface area contributed by atoms with Crippen LogP contribution in [-0.4, -0.2) is 29.0 Å².